The number of methoxy groups -OCH3 is 1. The minimum atomic E-state index is -0.409. The second-order valence-corrected chi connectivity index (χ2v) is 3.64. The molecular formula is C13H12N2O3. The molecule has 92 valence electrons. The number of esters is 1. The molecule has 18 heavy (non-hydrogen) atoms. The molecule has 2 aromatic heterocycles. The molecule has 0 N–H and O–H groups in total. The average molecular weight is 244 g/mol. The minimum Gasteiger partial charge on any atom is -0.466 e. The van der Waals surface area contributed by atoms with Crippen LogP contribution in [0.25, 0.3) is 16.9 Å². The predicted molar refractivity (Wildman–Crippen MR) is 65.4 cm³/mol. The van der Waals surface area contributed by atoms with Crippen molar-refractivity contribution in [1.82, 2.24) is 9.97 Å². The van der Waals surface area contributed by atoms with Gasteiger partial charge in [0.15, 0.2) is 0 Å². The van der Waals surface area contributed by atoms with E-state index in [1.54, 1.807) is 25.4 Å². The first-order valence-corrected chi connectivity index (χ1v) is 5.32. The first kappa shape index (κ1) is 12.0. The maximum atomic E-state index is 11.1. The predicted octanol–water partition coefficient (Wildman–Crippen LogP) is 2.31. The van der Waals surface area contributed by atoms with E-state index in [9.17, 15) is 4.79 Å². The van der Waals surface area contributed by atoms with Crippen LogP contribution in [0.2, 0.25) is 0 Å². The maximum Gasteiger partial charge on any atom is 0.330 e. The van der Waals surface area contributed by atoms with Crippen LogP contribution in [0.3, 0.4) is 0 Å². The molecule has 0 atom stereocenters. The summed E-state index contributed by atoms with van der Waals surface area (Å²) in [5.74, 6) is 0.857. The standard InChI is InChI=1S/C13H12N2O3/c1-9(5-13(16)17-2)11-3-4-12(18-11)10-6-14-8-15-7-10/h3-8H,1-2H3/b9-5+. The second kappa shape index (κ2) is 5.27. The molecule has 2 heterocycles. The van der Waals surface area contributed by atoms with Crippen molar-refractivity contribution in [3.63, 3.8) is 0 Å². The van der Waals surface area contributed by atoms with Crippen molar-refractivity contribution in [1.29, 1.82) is 0 Å². The molecule has 0 unspecified atom stereocenters. The number of hydrogen-bond acceptors (Lipinski definition) is 5. The van der Waals surface area contributed by atoms with Gasteiger partial charge in [-0.15, -0.1) is 0 Å². The molecule has 0 bridgehead atoms. The zero-order chi connectivity index (χ0) is 13.0. The molecule has 0 saturated carbocycles. The third-order valence-electron chi connectivity index (χ3n) is 2.38. The summed E-state index contributed by atoms with van der Waals surface area (Å²) in [4.78, 5) is 18.9. The molecule has 0 aromatic carbocycles. The Morgan fingerprint density at radius 1 is 1.33 bits per heavy atom. The van der Waals surface area contributed by atoms with Gasteiger partial charge in [-0.1, -0.05) is 0 Å². The highest BCUT2D eigenvalue weighted by atomic mass is 16.5. The highest BCUT2D eigenvalue weighted by molar-refractivity contribution is 5.90. The molecule has 0 saturated heterocycles. The number of nitrogens with zero attached hydrogens (tertiary/aromatic N) is 2. The van der Waals surface area contributed by atoms with E-state index in [1.807, 2.05) is 6.07 Å². The van der Waals surface area contributed by atoms with Gasteiger partial charge in [0.05, 0.1) is 12.7 Å². The van der Waals surface area contributed by atoms with Crippen molar-refractivity contribution >= 4 is 11.5 Å². The van der Waals surface area contributed by atoms with Gasteiger partial charge in [-0.3, -0.25) is 0 Å². The summed E-state index contributed by atoms with van der Waals surface area (Å²) in [5.41, 5.74) is 1.49. The molecule has 0 fully saturated rings. The number of carbonyl (C=O) groups excluding carboxylic acids is 1. The number of furan rings is 1. The smallest absolute Gasteiger partial charge is 0.330 e. The lowest BCUT2D eigenvalue weighted by atomic mass is 10.2. The Bertz CT molecular complexity index is 573. The van der Waals surface area contributed by atoms with E-state index in [0.29, 0.717) is 17.1 Å². The topological polar surface area (TPSA) is 65.2 Å². The normalized spacial score (nSPS) is 11.3. The van der Waals surface area contributed by atoms with Crippen molar-refractivity contribution in [2.45, 2.75) is 6.92 Å². The number of ether oxygens (including phenoxy) is 1. The Morgan fingerprint density at radius 3 is 2.72 bits per heavy atom. The van der Waals surface area contributed by atoms with E-state index in [-0.39, 0.29) is 0 Å². The Morgan fingerprint density at radius 2 is 2.06 bits per heavy atom. The van der Waals surface area contributed by atoms with Crippen LogP contribution >= 0.6 is 0 Å². The molecule has 0 aliphatic carbocycles. The number of allylic oxidation sites excluding steroid dienone is 1. The summed E-state index contributed by atoms with van der Waals surface area (Å²) in [6.07, 6.45) is 6.16. The fourth-order valence-corrected chi connectivity index (χ4v) is 1.44. The van der Waals surface area contributed by atoms with Crippen LogP contribution in [-0.2, 0) is 9.53 Å². The highest BCUT2D eigenvalue weighted by Crippen LogP contribution is 2.24. The van der Waals surface area contributed by atoms with Gasteiger partial charge in [0.25, 0.3) is 0 Å². The lowest BCUT2D eigenvalue weighted by Crippen LogP contribution is -1.95. The second-order valence-electron chi connectivity index (χ2n) is 3.64. The van der Waals surface area contributed by atoms with E-state index in [2.05, 4.69) is 14.7 Å². The monoisotopic (exact) mass is 244 g/mol. The Balaban J connectivity index is 2.26. The van der Waals surface area contributed by atoms with Gasteiger partial charge < -0.3 is 9.15 Å². The van der Waals surface area contributed by atoms with Gasteiger partial charge in [-0.25, -0.2) is 14.8 Å². The van der Waals surface area contributed by atoms with E-state index in [1.165, 1.54) is 19.5 Å². The van der Waals surface area contributed by atoms with Crippen molar-refractivity contribution in [2.75, 3.05) is 7.11 Å². The first-order valence-electron chi connectivity index (χ1n) is 5.32. The van der Waals surface area contributed by atoms with Crippen molar-refractivity contribution in [3.05, 3.63) is 42.7 Å². The first-order chi connectivity index (χ1) is 8.70. The fraction of sp³-hybridized carbons (Fsp3) is 0.154. The SMILES string of the molecule is COC(=O)/C=C(\C)c1ccc(-c2cncnc2)o1. The van der Waals surface area contributed by atoms with Crippen LogP contribution in [-0.4, -0.2) is 23.0 Å². The lowest BCUT2D eigenvalue weighted by Gasteiger charge is -1.97. The number of carbonyl (C=O) groups is 1. The van der Waals surface area contributed by atoms with E-state index in [0.717, 1.165) is 5.56 Å². The van der Waals surface area contributed by atoms with Crippen LogP contribution in [0.4, 0.5) is 0 Å². The van der Waals surface area contributed by atoms with Crippen molar-refractivity contribution in [2.24, 2.45) is 0 Å². The average Bonchev–Trinajstić information content (AvgIpc) is 2.89. The molecule has 0 aliphatic rings. The van der Waals surface area contributed by atoms with Gasteiger partial charge in [-0.2, -0.15) is 0 Å². The van der Waals surface area contributed by atoms with Gasteiger partial charge in [0.1, 0.15) is 17.8 Å². The third-order valence-corrected chi connectivity index (χ3v) is 2.38. The molecule has 0 aliphatic heterocycles. The third kappa shape index (κ3) is 2.63. The molecule has 2 rings (SSSR count). The van der Waals surface area contributed by atoms with E-state index >= 15 is 0 Å². The molecule has 0 spiro atoms. The van der Waals surface area contributed by atoms with Crippen LogP contribution in [0.15, 0.2) is 41.3 Å². The van der Waals surface area contributed by atoms with Crippen LogP contribution in [0.5, 0.6) is 0 Å². The zero-order valence-corrected chi connectivity index (χ0v) is 10.1. The van der Waals surface area contributed by atoms with E-state index in [4.69, 9.17) is 4.42 Å². The van der Waals surface area contributed by atoms with Crippen LogP contribution < -0.4 is 0 Å². The van der Waals surface area contributed by atoms with Crippen molar-refractivity contribution in [3.8, 4) is 11.3 Å². The Hall–Kier alpha value is -2.43. The summed E-state index contributed by atoms with van der Waals surface area (Å²) >= 11 is 0. The summed E-state index contributed by atoms with van der Waals surface area (Å²) in [6.45, 7) is 1.78. The number of rotatable bonds is 3. The van der Waals surface area contributed by atoms with Gasteiger partial charge in [0.2, 0.25) is 0 Å². The quantitative estimate of drug-likeness (QED) is 0.612. The largest absolute Gasteiger partial charge is 0.466 e. The molecular weight excluding hydrogens is 232 g/mol. The molecule has 0 amide bonds. The van der Waals surface area contributed by atoms with Crippen molar-refractivity contribution < 1.29 is 13.9 Å². The van der Waals surface area contributed by atoms with E-state index < -0.39 is 5.97 Å². The van der Waals surface area contributed by atoms with Gasteiger partial charge in [0, 0.05) is 18.5 Å². The fourth-order valence-electron chi connectivity index (χ4n) is 1.44. The molecule has 0 radical (unpaired) electrons. The molecule has 5 heteroatoms. The molecule has 2 aromatic rings. The summed E-state index contributed by atoms with van der Waals surface area (Å²) in [7, 11) is 1.33. The molecule has 5 nitrogen and oxygen atoms in total. The number of aromatic nitrogens is 2. The highest BCUT2D eigenvalue weighted by Gasteiger charge is 2.07. The zero-order valence-electron chi connectivity index (χ0n) is 10.1. The summed E-state index contributed by atoms with van der Waals surface area (Å²) in [5, 5.41) is 0. The number of hydrogen-bond donors (Lipinski definition) is 0. The maximum absolute atomic E-state index is 11.1. The van der Waals surface area contributed by atoms with Gasteiger partial charge in [-0.05, 0) is 24.6 Å². The van der Waals surface area contributed by atoms with Crippen LogP contribution in [0, 0.1) is 0 Å². The van der Waals surface area contributed by atoms with Gasteiger partial charge >= 0.3 is 5.97 Å². The Labute approximate surface area is 104 Å². The minimum absolute atomic E-state index is 0.409. The Kier molecular flexibility index (Phi) is 3.52. The van der Waals surface area contributed by atoms with Crippen LogP contribution in [0.1, 0.15) is 12.7 Å². The summed E-state index contributed by atoms with van der Waals surface area (Å²) in [6, 6.07) is 3.60. The lowest BCUT2D eigenvalue weighted by molar-refractivity contribution is -0.134. The summed E-state index contributed by atoms with van der Waals surface area (Å²) < 4.78 is 10.2.